The van der Waals surface area contributed by atoms with E-state index >= 15 is 0 Å². The fourth-order valence-corrected chi connectivity index (χ4v) is 7.38. The molecule has 266 valence electrons. The highest BCUT2D eigenvalue weighted by atomic mass is 19.1. The van der Waals surface area contributed by atoms with E-state index in [0.29, 0.717) is 42.6 Å². The zero-order chi connectivity index (χ0) is 35.6. The molecule has 0 bridgehead atoms. The maximum absolute atomic E-state index is 14.5. The second kappa shape index (κ2) is 15.0. The van der Waals surface area contributed by atoms with Gasteiger partial charge in [0.15, 0.2) is 0 Å². The molecule has 50 heavy (non-hydrogen) atoms. The lowest BCUT2D eigenvalue weighted by atomic mass is 9.83. The summed E-state index contributed by atoms with van der Waals surface area (Å²) >= 11 is 0. The molecule has 2 fully saturated rings. The Bertz CT molecular complexity index is 1700. The number of carbonyl (C=O) groups is 3. The summed E-state index contributed by atoms with van der Waals surface area (Å²) in [6.45, 7) is 11.4. The predicted octanol–water partition coefficient (Wildman–Crippen LogP) is 4.17. The number of halogens is 1. The number of methoxy groups -OCH3 is 1. The van der Waals surface area contributed by atoms with E-state index in [2.05, 4.69) is 40.9 Å². The molecule has 11 heteroatoms. The Morgan fingerprint density at radius 3 is 2.38 bits per heavy atom. The molecular weight excluding hydrogens is 637 g/mol. The molecule has 0 aromatic heterocycles. The molecule has 6 rings (SSSR count). The Morgan fingerprint density at radius 2 is 1.68 bits per heavy atom. The van der Waals surface area contributed by atoms with Crippen LogP contribution in [-0.2, 0) is 30.9 Å². The number of carbonyl (C=O) groups excluding carboxylic acids is 3. The van der Waals surface area contributed by atoms with Crippen molar-refractivity contribution in [2.45, 2.75) is 50.7 Å². The lowest BCUT2D eigenvalue weighted by molar-refractivity contribution is -0.122. The van der Waals surface area contributed by atoms with Gasteiger partial charge in [-0.1, -0.05) is 24.3 Å². The maximum atomic E-state index is 14.5. The van der Waals surface area contributed by atoms with Gasteiger partial charge in [0.25, 0.3) is 0 Å². The van der Waals surface area contributed by atoms with Crippen LogP contribution in [0.5, 0.6) is 0 Å². The molecule has 3 aromatic carbocycles. The number of likely N-dealkylation sites (N-methyl/N-ethyl adjacent to an activating group) is 1. The van der Waals surface area contributed by atoms with E-state index < -0.39 is 11.4 Å². The SMILES string of the molecule is COC(=O)c1ccc(NC(=O)C2(C)CN(C(=O)CN3CC(C)N(C)C[C@@H]3CN3CCOCC3C)c3cc(Cc4ccc(F)cc4)ccc32)cc1. The molecule has 0 aliphatic carbocycles. The van der Waals surface area contributed by atoms with E-state index in [-0.39, 0.29) is 42.8 Å². The van der Waals surface area contributed by atoms with Gasteiger partial charge in [-0.05, 0) is 93.4 Å². The number of morpholine rings is 1. The van der Waals surface area contributed by atoms with E-state index in [9.17, 15) is 18.8 Å². The van der Waals surface area contributed by atoms with Gasteiger partial charge in [0.1, 0.15) is 5.82 Å². The molecule has 2 amide bonds. The van der Waals surface area contributed by atoms with Crippen LogP contribution in [0.1, 0.15) is 47.8 Å². The minimum atomic E-state index is -1.04. The molecular formula is C39H48FN5O5. The third kappa shape index (κ3) is 7.61. The maximum Gasteiger partial charge on any atom is 0.337 e. The molecule has 10 nitrogen and oxygen atoms in total. The normalized spacial score (nSPS) is 24.5. The fraction of sp³-hybridized carbons (Fsp3) is 0.462. The summed E-state index contributed by atoms with van der Waals surface area (Å²) in [7, 11) is 3.47. The van der Waals surface area contributed by atoms with Crippen molar-refractivity contribution in [2.75, 3.05) is 76.9 Å². The van der Waals surface area contributed by atoms with Crippen molar-refractivity contribution in [3.05, 3.63) is 94.8 Å². The van der Waals surface area contributed by atoms with Crippen LogP contribution < -0.4 is 10.2 Å². The number of anilines is 2. The first-order valence-corrected chi connectivity index (χ1v) is 17.4. The Kier molecular flexibility index (Phi) is 10.7. The van der Waals surface area contributed by atoms with Gasteiger partial charge in [0.2, 0.25) is 11.8 Å². The van der Waals surface area contributed by atoms with Crippen molar-refractivity contribution >= 4 is 29.2 Å². The molecule has 2 saturated heterocycles. The molecule has 0 saturated carbocycles. The second-order valence-corrected chi connectivity index (χ2v) is 14.3. The van der Waals surface area contributed by atoms with Gasteiger partial charge in [-0.25, -0.2) is 9.18 Å². The van der Waals surface area contributed by atoms with E-state index in [1.807, 2.05) is 25.1 Å². The third-order valence-corrected chi connectivity index (χ3v) is 10.7. The Labute approximate surface area is 294 Å². The van der Waals surface area contributed by atoms with Crippen LogP contribution in [0.4, 0.5) is 15.8 Å². The molecule has 3 aliphatic heterocycles. The average molecular weight is 686 g/mol. The standard InChI is InChI=1S/C39H48FN5O5/c1-26-20-44(33(21-42(26)4)22-43-16-17-50-24-27(43)2)23-36(46)45-25-39(3,38(48)41-32-13-9-30(10-14-32)37(47)49-5)34-15-8-29(19-35(34)45)18-28-6-11-31(40)12-7-28/h6-15,19,26-27,33H,16-18,20-25H2,1-5H3,(H,41,48)/t26?,27?,33-,39?/m1/s1. The van der Waals surface area contributed by atoms with Crippen molar-refractivity contribution in [2.24, 2.45) is 0 Å². The largest absolute Gasteiger partial charge is 0.465 e. The molecule has 4 atom stereocenters. The molecule has 3 aliphatic rings. The molecule has 3 heterocycles. The van der Waals surface area contributed by atoms with Crippen molar-refractivity contribution in [3.63, 3.8) is 0 Å². The Balaban J connectivity index is 1.27. The van der Waals surface area contributed by atoms with Crippen molar-refractivity contribution in [1.29, 1.82) is 0 Å². The summed E-state index contributed by atoms with van der Waals surface area (Å²) in [5.74, 6) is -1.05. The lowest BCUT2D eigenvalue weighted by Crippen LogP contribution is -2.62. The topological polar surface area (TPSA) is 94.7 Å². The van der Waals surface area contributed by atoms with Crippen LogP contribution in [0.3, 0.4) is 0 Å². The van der Waals surface area contributed by atoms with E-state index in [4.69, 9.17) is 9.47 Å². The van der Waals surface area contributed by atoms with Gasteiger partial charge in [-0.15, -0.1) is 0 Å². The first kappa shape index (κ1) is 35.7. The van der Waals surface area contributed by atoms with Crippen LogP contribution in [0, 0.1) is 5.82 Å². The number of hydrogen-bond donors (Lipinski definition) is 1. The zero-order valence-corrected chi connectivity index (χ0v) is 29.7. The first-order chi connectivity index (χ1) is 23.9. The quantitative estimate of drug-likeness (QED) is 0.336. The number of benzene rings is 3. The summed E-state index contributed by atoms with van der Waals surface area (Å²) in [6, 6.07) is 19.7. The van der Waals surface area contributed by atoms with Gasteiger partial charge in [-0.2, -0.15) is 0 Å². The van der Waals surface area contributed by atoms with Crippen molar-refractivity contribution < 1.29 is 28.2 Å². The number of ether oxygens (including phenoxy) is 2. The third-order valence-electron chi connectivity index (χ3n) is 10.7. The number of nitrogens with one attached hydrogen (secondary N) is 1. The highest BCUT2D eigenvalue weighted by Gasteiger charge is 2.47. The van der Waals surface area contributed by atoms with Crippen molar-refractivity contribution in [3.8, 4) is 0 Å². The highest BCUT2D eigenvalue weighted by Crippen LogP contribution is 2.42. The predicted molar refractivity (Wildman–Crippen MR) is 191 cm³/mol. The molecule has 0 radical (unpaired) electrons. The molecule has 3 unspecified atom stereocenters. The number of piperazine rings is 1. The van der Waals surface area contributed by atoms with Crippen LogP contribution in [0.2, 0.25) is 0 Å². The summed E-state index contributed by atoms with van der Waals surface area (Å²) in [5.41, 5.74) is 3.27. The monoisotopic (exact) mass is 685 g/mol. The Morgan fingerprint density at radius 1 is 0.960 bits per heavy atom. The summed E-state index contributed by atoms with van der Waals surface area (Å²) < 4.78 is 24.1. The highest BCUT2D eigenvalue weighted by molar-refractivity contribution is 6.07. The number of fused-ring (bicyclic) bond motifs is 1. The fourth-order valence-electron chi connectivity index (χ4n) is 7.38. The van der Waals surface area contributed by atoms with Crippen LogP contribution >= 0.6 is 0 Å². The summed E-state index contributed by atoms with van der Waals surface area (Å²) in [5, 5.41) is 3.02. The van der Waals surface area contributed by atoms with Crippen LogP contribution in [-0.4, -0.2) is 117 Å². The van der Waals surface area contributed by atoms with E-state index in [1.165, 1.54) is 19.2 Å². The first-order valence-electron chi connectivity index (χ1n) is 17.4. The number of esters is 1. The van der Waals surface area contributed by atoms with Gasteiger partial charge in [0.05, 0.1) is 37.8 Å². The Hall–Kier alpha value is -4.16. The van der Waals surface area contributed by atoms with Crippen molar-refractivity contribution in [1.82, 2.24) is 14.7 Å². The van der Waals surface area contributed by atoms with Gasteiger partial charge in [-0.3, -0.25) is 19.4 Å². The van der Waals surface area contributed by atoms with Crippen LogP contribution in [0.25, 0.3) is 0 Å². The van der Waals surface area contributed by atoms with E-state index in [1.54, 1.807) is 41.3 Å². The van der Waals surface area contributed by atoms with Gasteiger partial charge in [0, 0.05) is 62.2 Å². The lowest BCUT2D eigenvalue weighted by Gasteiger charge is -2.46. The number of nitrogens with zero attached hydrogens (tertiary/aromatic N) is 4. The van der Waals surface area contributed by atoms with Gasteiger partial charge >= 0.3 is 5.97 Å². The molecule has 3 aromatic rings. The van der Waals surface area contributed by atoms with Crippen LogP contribution in [0.15, 0.2) is 66.7 Å². The minimum Gasteiger partial charge on any atom is -0.465 e. The van der Waals surface area contributed by atoms with Gasteiger partial charge < -0.3 is 24.6 Å². The number of hydrogen-bond acceptors (Lipinski definition) is 8. The second-order valence-electron chi connectivity index (χ2n) is 14.3. The number of amides is 2. The zero-order valence-electron chi connectivity index (χ0n) is 29.7. The van der Waals surface area contributed by atoms with E-state index in [0.717, 1.165) is 42.9 Å². The minimum absolute atomic E-state index is 0.0547. The number of rotatable bonds is 9. The summed E-state index contributed by atoms with van der Waals surface area (Å²) in [6.07, 6.45) is 0.556. The summed E-state index contributed by atoms with van der Waals surface area (Å²) in [4.78, 5) is 49.5. The molecule has 1 N–H and O–H groups in total. The average Bonchev–Trinajstić information content (AvgIpc) is 3.41. The smallest absolute Gasteiger partial charge is 0.337 e. The molecule has 0 spiro atoms.